The summed E-state index contributed by atoms with van der Waals surface area (Å²) in [6.45, 7) is 2.77. The summed E-state index contributed by atoms with van der Waals surface area (Å²) >= 11 is 0. The van der Waals surface area contributed by atoms with Crippen LogP contribution in [0.5, 0.6) is 0 Å². The number of anilines is 1. The van der Waals surface area contributed by atoms with Crippen LogP contribution in [-0.2, 0) is 14.3 Å². The van der Waals surface area contributed by atoms with Crippen LogP contribution in [0.25, 0.3) is 0 Å². The molecular formula is C15H22N2O4. The maximum atomic E-state index is 11.6. The van der Waals surface area contributed by atoms with Gasteiger partial charge in [0.1, 0.15) is 6.04 Å². The quantitative estimate of drug-likeness (QED) is 0.558. The summed E-state index contributed by atoms with van der Waals surface area (Å²) in [4.78, 5) is 22.7. The molecule has 0 aliphatic heterocycles. The minimum Gasteiger partial charge on any atom is -0.468 e. The summed E-state index contributed by atoms with van der Waals surface area (Å²) in [5, 5.41) is 3.18. The number of ether oxygens (including phenoxy) is 2. The van der Waals surface area contributed by atoms with Crippen LogP contribution in [-0.4, -0.2) is 38.2 Å². The van der Waals surface area contributed by atoms with Crippen LogP contribution in [0.1, 0.15) is 30.1 Å². The first kappa shape index (κ1) is 17.0. The lowest BCUT2D eigenvalue weighted by Gasteiger charge is -2.11. The van der Waals surface area contributed by atoms with Gasteiger partial charge in [-0.05, 0) is 38.0 Å². The normalized spacial score (nSPS) is 11.6. The molecule has 0 aliphatic carbocycles. The lowest BCUT2D eigenvalue weighted by molar-refractivity contribution is -0.142. The van der Waals surface area contributed by atoms with E-state index in [1.807, 2.05) is 6.07 Å². The summed E-state index contributed by atoms with van der Waals surface area (Å²) in [5.41, 5.74) is 6.97. The van der Waals surface area contributed by atoms with Gasteiger partial charge in [-0.25, -0.2) is 4.79 Å². The van der Waals surface area contributed by atoms with Crippen molar-refractivity contribution in [3.8, 4) is 0 Å². The molecule has 0 amide bonds. The molecule has 0 fully saturated rings. The third-order valence-corrected chi connectivity index (χ3v) is 2.90. The van der Waals surface area contributed by atoms with Crippen LogP contribution in [0.4, 0.5) is 5.69 Å². The van der Waals surface area contributed by atoms with Gasteiger partial charge in [0.25, 0.3) is 0 Å². The van der Waals surface area contributed by atoms with E-state index in [9.17, 15) is 9.59 Å². The van der Waals surface area contributed by atoms with Crippen LogP contribution in [0, 0.1) is 0 Å². The molecule has 1 atom stereocenters. The van der Waals surface area contributed by atoms with E-state index in [1.165, 1.54) is 7.11 Å². The highest BCUT2D eigenvalue weighted by atomic mass is 16.5. The smallest absolute Gasteiger partial charge is 0.338 e. The van der Waals surface area contributed by atoms with Gasteiger partial charge in [0.2, 0.25) is 0 Å². The molecule has 1 rings (SSSR count). The number of nitrogens with one attached hydrogen (secondary N) is 1. The van der Waals surface area contributed by atoms with Crippen LogP contribution >= 0.6 is 0 Å². The first-order chi connectivity index (χ1) is 10.1. The molecule has 0 saturated heterocycles. The molecule has 0 bridgehead atoms. The van der Waals surface area contributed by atoms with E-state index in [4.69, 9.17) is 10.5 Å². The number of rotatable bonds is 8. The molecule has 1 aromatic rings. The molecule has 3 N–H and O–H groups in total. The molecule has 6 nitrogen and oxygen atoms in total. The molecule has 116 valence electrons. The van der Waals surface area contributed by atoms with Crippen molar-refractivity contribution < 1.29 is 19.1 Å². The van der Waals surface area contributed by atoms with Gasteiger partial charge >= 0.3 is 11.9 Å². The fourth-order valence-corrected chi connectivity index (χ4v) is 1.79. The SMILES string of the molecule is CCOC(=O)c1cccc(NCCC[C@H](N)C(=O)OC)c1. The second-order valence-electron chi connectivity index (χ2n) is 4.50. The van der Waals surface area contributed by atoms with Crippen molar-refractivity contribution in [3.63, 3.8) is 0 Å². The zero-order valence-corrected chi connectivity index (χ0v) is 12.4. The standard InChI is InChI=1S/C15H22N2O4/c1-3-21-14(18)11-6-4-7-12(10-11)17-9-5-8-13(16)15(19)20-2/h4,6-7,10,13,17H,3,5,8-9,16H2,1-2H3/t13-/m0/s1. The van der Waals surface area contributed by atoms with Gasteiger partial charge in [0, 0.05) is 12.2 Å². The Morgan fingerprint density at radius 3 is 2.81 bits per heavy atom. The molecule has 1 aromatic carbocycles. The second kappa shape index (κ2) is 8.97. The van der Waals surface area contributed by atoms with E-state index in [-0.39, 0.29) is 5.97 Å². The van der Waals surface area contributed by atoms with Gasteiger partial charge in [-0.2, -0.15) is 0 Å². The van der Waals surface area contributed by atoms with Crippen molar-refractivity contribution in [1.82, 2.24) is 0 Å². The topological polar surface area (TPSA) is 90.6 Å². The number of methoxy groups -OCH3 is 1. The number of hydrogen-bond donors (Lipinski definition) is 2. The monoisotopic (exact) mass is 294 g/mol. The Hall–Kier alpha value is -2.08. The minimum absolute atomic E-state index is 0.339. The van der Waals surface area contributed by atoms with Crippen molar-refractivity contribution in [2.75, 3.05) is 25.6 Å². The number of nitrogens with two attached hydrogens (primary N) is 1. The van der Waals surface area contributed by atoms with Gasteiger partial charge in [-0.1, -0.05) is 6.07 Å². The van der Waals surface area contributed by atoms with Crippen molar-refractivity contribution >= 4 is 17.6 Å². The van der Waals surface area contributed by atoms with Gasteiger partial charge < -0.3 is 20.5 Å². The second-order valence-corrected chi connectivity index (χ2v) is 4.50. The summed E-state index contributed by atoms with van der Waals surface area (Å²) in [6, 6.07) is 6.49. The van der Waals surface area contributed by atoms with Gasteiger partial charge in [0.15, 0.2) is 0 Å². The molecular weight excluding hydrogens is 272 g/mol. The van der Waals surface area contributed by atoms with E-state index >= 15 is 0 Å². The Morgan fingerprint density at radius 2 is 2.14 bits per heavy atom. The fraction of sp³-hybridized carbons (Fsp3) is 0.467. The van der Waals surface area contributed by atoms with Crippen LogP contribution in [0.15, 0.2) is 24.3 Å². The van der Waals surface area contributed by atoms with Gasteiger partial charge in [0.05, 0.1) is 19.3 Å². The fourth-order valence-electron chi connectivity index (χ4n) is 1.79. The molecule has 6 heteroatoms. The van der Waals surface area contributed by atoms with Gasteiger partial charge in [-0.15, -0.1) is 0 Å². The first-order valence-electron chi connectivity index (χ1n) is 6.93. The first-order valence-corrected chi connectivity index (χ1v) is 6.93. The van der Waals surface area contributed by atoms with Crippen LogP contribution < -0.4 is 11.1 Å². The van der Waals surface area contributed by atoms with Crippen molar-refractivity contribution in [3.05, 3.63) is 29.8 Å². The molecule has 21 heavy (non-hydrogen) atoms. The summed E-state index contributed by atoms with van der Waals surface area (Å²) in [5.74, 6) is -0.742. The highest BCUT2D eigenvalue weighted by Gasteiger charge is 2.12. The Labute approximate surface area is 124 Å². The zero-order valence-electron chi connectivity index (χ0n) is 12.4. The Balaban J connectivity index is 2.40. The van der Waals surface area contributed by atoms with Crippen molar-refractivity contribution in [1.29, 1.82) is 0 Å². The average molecular weight is 294 g/mol. The van der Waals surface area contributed by atoms with Crippen LogP contribution in [0.3, 0.4) is 0 Å². The number of esters is 2. The van der Waals surface area contributed by atoms with Crippen molar-refractivity contribution in [2.45, 2.75) is 25.8 Å². The van der Waals surface area contributed by atoms with E-state index in [1.54, 1.807) is 25.1 Å². The third kappa shape index (κ3) is 5.83. The third-order valence-electron chi connectivity index (χ3n) is 2.90. The molecule has 0 heterocycles. The molecule has 0 unspecified atom stereocenters. The minimum atomic E-state index is -0.595. The van der Waals surface area contributed by atoms with E-state index in [0.29, 0.717) is 25.1 Å². The number of carbonyl (C=O) groups is 2. The molecule has 0 radical (unpaired) electrons. The number of hydrogen-bond acceptors (Lipinski definition) is 6. The lowest BCUT2D eigenvalue weighted by Crippen LogP contribution is -2.31. The molecule has 0 aromatic heterocycles. The zero-order chi connectivity index (χ0) is 15.7. The van der Waals surface area contributed by atoms with Gasteiger partial charge in [-0.3, -0.25) is 4.79 Å². The molecule has 0 aliphatic rings. The largest absolute Gasteiger partial charge is 0.468 e. The molecule has 0 saturated carbocycles. The van der Waals surface area contributed by atoms with E-state index in [0.717, 1.165) is 12.1 Å². The predicted octanol–water partition coefficient (Wildman–Crippen LogP) is 1.56. The molecule has 0 spiro atoms. The van der Waals surface area contributed by atoms with E-state index in [2.05, 4.69) is 10.1 Å². The lowest BCUT2D eigenvalue weighted by atomic mass is 10.1. The Kier molecular flexibility index (Phi) is 7.25. The predicted molar refractivity (Wildman–Crippen MR) is 80.1 cm³/mol. The van der Waals surface area contributed by atoms with E-state index < -0.39 is 12.0 Å². The number of carbonyl (C=O) groups excluding carboxylic acids is 2. The average Bonchev–Trinajstić information content (AvgIpc) is 2.51. The Morgan fingerprint density at radius 1 is 1.38 bits per heavy atom. The summed E-state index contributed by atoms with van der Waals surface area (Å²) in [7, 11) is 1.32. The maximum Gasteiger partial charge on any atom is 0.338 e. The summed E-state index contributed by atoms with van der Waals surface area (Å²) < 4.78 is 9.50. The van der Waals surface area contributed by atoms with Crippen LogP contribution in [0.2, 0.25) is 0 Å². The maximum absolute atomic E-state index is 11.6. The number of benzene rings is 1. The summed E-state index contributed by atoms with van der Waals surface area (Å²) in [6.07, 6.45) is 1.26. The van der Waals surface area contributed by atoms with Crippen molar-refractivity contribution in [2.24, 2.45) is 5.73 Å². The highest BCUT2D eigenvalue weighted by molar-refractivity contribution is 5.90. The Bertz CT molecular complexity index is 476. The highest BCUT2D eigenvalue weighted by Crippen LogP contribution is 2.12.